The lowest BCUT2D eigenvalue weighted by molar-refractivity contribution is -0.143. The van der Waals surface area contributed by atoms with Crippen LogP contribution in [0.3, 0.4) is 0 Å². The molecule has 0 aliphatic carbocycles. The maximum absolute atomic E-state index is 11.2. The van der Waals surface area contributed by atoms with Crippen LogP contribution in [0.1, 0.15) is 26.0 Å². The minimum atomic E-state index is -1.09. The molecule has 0 radical (unpaired) electrons. The minimum Gasteiger partial charge on any atom is -0.480 e. The number of rotatable bonds is 8. The summed E-state index contributed by atoms with van der Waals surface area (Å²) in [7, 11) is 0. The Morgan fingerprint density at radius 3 is 2.53 bits per heavy atom. The highest BCUT2D eigenvalue weighted by atomic mass is 16.4. The monoisotopic (exact) mass is 269 g/mol. The van der Waals surface area contributed by atoms with Gasteiger partial charge in [-0.25, -0.2) is 4.98 Å². The summed E-state index contributed by atoms with van der Waals surface area (Å²) >= 11 is 0. The molecule has 7 nitrogen and oxygen atoms in total. The van der Waals surface area contributed by atoms with Crippen LogP contribution in [-0.2, 0) is 16.0 Å². The molecular formula is C12H19N3O4. The Morgan fingerprint density at radius 1 is 1.42 bits per heavy atom. The molecule has 3 atom stereocenters. The van der Waals surface area contributed by atoms with Crippen LogP contribution >= 0.6 is 0 Å². The quantitative estimate of drug-likeness (QED) is 0.546. The Hall–Kier alpha value is -1.89. The van der Waals surface area contributed by atoms with Gasteiger partial charge in [0, 0.05) is 12.6 Å². The van der Waals surface area contributed by atoms with E-state index >= 15 is 0 Å². The molecule has 1 aromatic heterocycles. The molecule has 0 amide bonds. The molecule has 0 saturated carbocycles. The molecule has 0 aromatic carbocycles. The zero-order chi connectivity index (χ0) is 14.4. The number of aromatic nitrogens is 2. The Labute approximate surface area is 111 Å². The smallest absolute Gasteiger partial charge is 0.321 e. The summed E-state index contributed by atoms with van der Waals surface area (Å²) in [6.45, 7) is 3.64. The maximum Gasteiger partial charge on any atom is 0.321 e. The van der Waals surface area contributed by atoms with E-state index in [-0.39, 0.29) is 12.3 Å². The van der Waals surface area contributed by atoms with Crippen LogP contribution in [0.25, 0.3) is 0 Å². The van der Waals surface area contributed by atoms with E-state index in [4.69, 9.17) is 10.2 Å². The van der Waals surface area contributed by atoms with Crippen molar-refractivity contribution in [1.29, 1.82) is 0 Å². The predicted molar refractivity (Wildman–Crippen MR) is 67.7 cm³/mol. The fourth-order valence-electron chi connectivity index (χ4n) is 1.76. The summed E-state index contributed by atoms with van der Waals surface area (Å²) in [4.78, 5) is 29.1. The van der Waals surface area contributed by atoms with Gasteiger partial charge in [0.05, 0.1) is 12.0 Å². The van der Waals surface area contributed by atoms with Crippen LogP contribution in [0.4, 0.5) is 0 Å². The zero-order valence-corrected chi connectivity index (χ0v) is 11.0. The summed E-state index contributed by atoms with van der Waals surface area (Å²) in [6.07, 6.45) is 3.84. The molecule has 0 saturated heterocycles. The maximum atomic E-state index is 11.2. The summed E-state index contributed by atoms with van der Waals surface area (Å²) in [5.41, 5.74) is 0.577. The van der Waals surface area contributed by atoms with Crippen LogP contribution in [0.5, 0.6) is 0 Å². The number of hydrogen-bond acceptors (Lipinski definition) is 4. The molecule has 1 rings (SSSR count). The van der Waals surface area contributed by atoms with Gasteiger partial charge >= 0.3 is 11.9 Å². The van der Waals surface area contributed by atoms with Crippen molar-refractivity contribution in [2.45, 2.75) is 38.8 Å². The van der Waals surface area contributed by atoms with Crippen molar-refractivity contribution in [1.82, 2.24) is 15.3 Å². The lowest BCUT2D eigenvalue weighted by Gasteiger charge is -2.24. The van der Waals surface area contributed by atoms with Crippen molar-refractivity contribution in [3.05, 3.63) is 18.2 Å². The molecule has 7 heteroatoms. The molecular weight excluding hydrogens is 250 g/mol. The standard InChI is InChI=1S/C12H19N3O4/c1-3-7(2)10(12(18)19)15-9(11(16)17)4-8-5-13-6-14-8/h5-7,9-10,15H,3-4H2,1-2H3,(H,13,14)(H,16,17)(H,18,19). The molecule has 19 heavy (non-hydrogen) atoms. The number of carboxylic acid groups (broad SMARTS) is 2. The summed E-state index contributed by atoms with van der Waals surface area (Å²) in [5, 5.41) is 21.0. The van der Waals surface area contributed by atoms with Gasteiger partial charge in [-0.3, -0.25) is 14.9 Å². The predicted octanol–water partition coefficient (Wildman–Crippen LogP) is 0.494. The number of nitrogens with one attached hydrogen (secondary N) is 2. The van der Waals surface area contributed by atoms with E-state index in [2.05, 4.69) is 15.3 Å². The molecule has 0 aliphatic rings. The molecule has 4 N–H and O–H groups in total. The number of imidazole rings is 1. The van der Waals surface area contributed by atoms with E-state index < -0.39 is 24.0 Å². The number of carbonyl (C=O) groups is 2. The molecule has 1 heterocycles. The third-order valence-electron chi connectivity index (χ3n) is 3.13. The van der Waals surface area contributed by atoms with Crippen LogP contribution in [0.2, 0.25) is 0 Å². The molecule has 0 bridgehead atoms. The van der Waals surface area contributed by atoms with Gasteiger partial charge in [-0.15, -0.1) is 0 Å². The van der Waals surface area contributed by atoms with Crippen molar-refractivity contribution in [2.75, 3.05) is 0 Å². The van der Waals surface area contributed by atoms with Crippen molar-refractivity contribution in [2.24, 2.45) is 5.92 Å². The van der Waals surface area contributed by atoms with E-state index in [1.54, 1.807) is 13.1 Å². The number of nitrogens with zero attached hydrogens (tertiary/aromatic N) is 1. The van der Waals surface area contributed by atoms with Gasteiger partial charge in [0.15, 0.2) is 0 Å². The first-order valence-corrected chi connectivity index (χ1v) is 6.15. The van der Waals surface area contributed by atoms with Crippen molar-refractivity contribution < 1.29 is 19.8 Å². The fraction of sp³-hybridized carbons (Fsp3) is 0.583. The minimum absolute atomic E-state index is 0.138. The number of carboxylic acids is 2. The molecule has 106 valence electrons. The van der Waals surface area contributed by atoms with E-state index in [0.717, 1.165) is 0 Å². The van der Waals surface area contributed by atoms with E-state index in [0.29, 0.717) is 12.1 Å². The Kier molecular flexibility index (Phi) is 5.50. The van der Waals surface area contributed by atoms with E-state index in [9.17, 15) is 9.59 Å². The first kappa shape index (κ1) is 15.2. The third kappa shape index (κ3) is 4.36. The summed E-state index contributed by atoms with van der Waals surface area (Å²) < 4.78 is 0. The van der Waals surface area contributed by atoms with Gasteiger partial charge < -0.3 is 15.2 Å². The van der Waals surface area contributed by atoms with Crippen LogP contribution in [-0.4, -0.2) is 44.2 Å². The first-order valence-electron chi connectivity index (χ1n) is 6.15. The normalized spacial score (nSPS) is 15.7. The van der Waals surface area contributed by atoms with Gasteiger partial charge in [0.2, 0.25) is 0 Å². The highest BCUT2D eigenvalue weighted by Gasteiger charge is 2.29. The fourth-order valence-corrected chi connectivity index (χ4v) is 1.76. The van der Waals surface area contributed by atoms with E-state index in [1.165, 1.54) is 6.33 Å². The number of H-pyrrole nitrogens is 1. The topological polar surface area (TPSA) is 115 Å². The second kappa shape index (κ2) is 6.89. The van der Waals surface area contributed by atoms with Gasteiger partial charge in [-0.2, -0.15) is 0 Å². The highest BCUT2D eigenvalue weighted by molar-refractivity contribution is 5.77. The molecule has 3 unspecified atom stereocenters. The van der Waals surface area contributed by atoms with Crippen LogP contribution < -0.4 is 5.32 Å². The number of aliphatic carboxylic acids is 2. The van der Waals surface area contributed by atoms with Gasteiger partial charge in [-0.05, 0) is 5.92 Å². The average molecular weight is 269 g/mol. The van der Waals surface area contributed by atoms with Crippen LogP contribution in [0, 0.1) is 5.92 Å². The Bertz CT molecular complexity index is 419. The number of hydrogen-bond donors (Lipinski definition) is 4. The van der Waals surface area contributed by atoms with Crippen molar-refractivity contribution in [3.8, 4) is 0 Å². The average Bonchev–Trinajstić information content (AvgIpc) is 2.85. The molecule has 0 aliphatic heterocycles. The molecule has 0 spiro atoms. The van der Waals surface area contributed by atoms with E-state index in [1.807, 2.05) is 6.92 Å². The number of aromatic amines is 1. The molecule has 1 aromatic rings. The van der Waals surface area contributed by atoms with Crippen molar-refractivity contribution >= 4 is 11.9 Å². The second-order valence-electron chi connectivity index (χ2n) is 4.52. The lowest BCUT2D eigenvalue weighted by Crippen LogP contribution is -2.51. The summed E-state index contributed by atoms with van der Waals surface area (Å²) in [6, 6.07) is -1.86. The van der Waals surface area contributed by atoms with Crippen LogP contribution in [0.15, 0.2) is 12.5 Å². The SMILES string of the molecule is CCC(C)C(NC(Cc1c[nH]cn1)C(=O)O)C(=O)O. The third-order valence-corrected chi connectivity index (χ3v) is 3.13. The summed E-state index contributed by atoms with van der Waals surface area (Å²) in [5.74, 6) is -2.28. The van der Waals surface area contributed by atoms with Gasteiger partial charge in [0.1, 0.15) is 12.1 Å². The van der Waals surface area contributed by atoms with Gasteiger partial charge in [0.25, 0.3) is 0 Å². The van der Waals surface area contributed by atoms with Crippen molar-refractivity contribution in [3.63, 3.8) is 0 Å². The lowest BCUT2D eigenvalue weighted by atomic mass is 9.97. The first-order chi connectivity index (χ1) is 8.95. The largest absolute Gasteiger partial charge is 0.480 e. The Morgan fingerprint density at radius 2 is 2.11 bits per heavy atom. The van der Waals surface area contributed by atoms with Gasteiger partial charge in [-0.1, -0.05) is 20.3 Å². The highest BCUT2D eigenvalue weighted by Crippen LogP contribution is 2.10. The molecule has 0 fully saturated rings. The Balaban J connectivity index is 2.76. The second-order valence-corrected chi connectivity index (χ2v) is 4.52. The zero-order valence-electron chi connectivity index (χ0n) is 11.0.